The maximum absolute atomic E-state index is 3.93. The van der Waals surface area contributed by atoms with E-state index < -0.39 is 0 Å². The van der Waals surface area contributed by atoms with Gasteiger partial charge in [-0.2, -0.15) is 11.8 Å². The van der Waals surface area contributed by atoms with Gasteiger partial charge in [0.1, 0.15) is 0 Å². The second-order valence-electron chi connectivity index (χ2n) is 5.30. The Morgan fingerprint density at radius 1 is 1.00 bits per heavy atom. The second-order valence-corrected chi connectivity index (χ2v) is 6.45. The van der Waals surface area contributed by atoms with Crippen LogP contribution in [0.3, 0.4) is 0 Å². The standard InChI is InChI=1S/C13H25NS/c1-11-6-3-2-4-8-13(11)14-12-7-5-9-15-10-12/h11-14H,2-10H2,1H3. The van der Waals surface area contributed by atoms with Gasteiger partial charge in [-0.15, -0.1) is 0 Å². The van der Waals surface area contributed by atoms with Gasteiger partial charge in [0.15, 0.2) is 0 Å². The van der Waals surface area contributed by atoms with Crippen LogP contribution in [0.2, 0.25) is 0 Å². The largest absolute Gasteiger partial charge is 0.310 e. The SMILES string of the molecule is CC1CCCCCC1NC1CCCSC1. The van der Waals surface area contributed by atoms with Crippen LogP contribution in [0.15, 0.2) is 0 Å². The fourth-order valence-corrected chi connectivity index (χ4v) is 4.00. The Morgan fingerprint density at radius 2 is 1.87 bits per heavy atom. The molecule has 0 aromatic rings. The molecule has 0 spiro atoms. The quantitative estimate of drug-likeness (QED) is 0.725. The second kappa shape index (κ2) is 6.15. The minimum absolute atomic E-state index is 0.814. The fraction of sp³-hybridized carbons (Fsp3) is 1.00. The normalized spacial score (nSPS) is 38.6. The Hall–Kier alpha value is 0.310. The van der Waals surface area contributed by atoms with E-state index in [1.165, 1.54) is 56.5 Å². The molecule has 0 aromatic carbocycles. The first-order chi connectivity index (χ1) is 7.36. The Labute approximate surface area is 98.8 Å². The van der Waals surface area contributed by atoms with E-state index in [-0.39, 0.29) is 0 Å². The summed E-state index contributed by atoms with van der Waals surface area (Å²) in [5.74, 6) is 3.64. The van der Waals surface area contributed by atoms with Crippen molar-refractivity contribution in [2.75, 3.05) is 11.5 Å². The molecule has 2 fully saturated rings. The molecular formula is C13H25NS. The van der Waals surface area contributed by atoms with Gasteiger partial charge < -0.3 is 5.32 Å². The third-order valence-electron chi connectivity index (χ3n) is 3.97. The lowest BCUT2D eigenvalue weighted by atomic mass is 9.96. The first-order valence-electron chi connectivity index (χ1n) is 6.70. The summed E-state index contributed by atoms with van der Waals surface area (Å²) in [6.45, 7) is 2.44. The van der Waals surface area contributed by atoms with E-state index >= 15 is 0 Å². The molecular weight excluding hydrogens is 202 g/mol. The first-order valence-corrected chi connectivity index (χ1v) is 7.85. The van der Waals surface area contributed by atoms with Crippen molar-refractivity contribution in [2.45, 2.75) is 64.0 Å². The molecule has 1 saturated carbocycles. The van der Waals surface area contributed by atoms with Crippen molar-refractivity contribution in [2.24, 2.45) is 5.92 Å². The number of hydrogen-bond acceptors (Lipinski definition) is 2. The lowest BCUT2D eigenvalue weighted by Crippen LogP contribution is -2.44. The van der Waals surface area contributed by atoms with Crippen molar-refractivity contribution in [3.05, 3.63) is 0 Å². The van der Waals surface area contributed by atoms with Gasteiger partial charge in [-0.1, -0.05) is 26.2 Å². The fourth-order valence-electron chi connectivity index (χ4n) is 2.92. The molecule has 1 saturated heterocycles. The summed E-state index contributed by atoms with van der Waals surface area (Å²) in [6.07, 6.45) is 10.1. The summed E-state index contributed by atoms with van der Waals surface area (Å²) in [4.78, 5) is 0. The summed E-state index contributed by atoms with van der Waals surface area (Å²) in [5, 5.41) is 3.93. The molecule has 88 valence electrons. The van der Waals surface area contributed by atoms with Gasteiger partial charge in [-0.3, -0.25) is 0 Å². The monoisotopic (exact) mass is 227 g/mol. The molecule has 0 bridgehead atoms. The molecule has 0 radical (unpaired) electrons. The minimum Gasteiger partial charge on any atom is -0.310 e. The van der Waals surface area contributed by atoms with E-state index in [0.29, 0.717) is 0 Å². The van der Waals surface area contributed by atoms with Crippen molar-refractivity contribution >= 4 is 11.8 Å². The molecule has 1 aliphatic carbocycles. The van der Waals surface area contributed by atoms with Crippen LogP contribution in [0.1, 0.15) is 51.9 Å². The zero-order valence-electron chi connectivity index (χ0n) is 10.0. The van der Waals surface area contributed by atoms with Crippen LogP contribution in [0.4, 0.5) is 0 Å². The molecule has 0 aromatic heterocycles. The molecule has 3 unspecified atom stereocenters. The molecule has 2 heteroatoms. The summed E-state index contributed by atoms with van der Waals surface area (Å²) in [6, 6.07) is 1.63. The van der Waals surface area contributed by atoms with Gasteiger partial charge in [0.25, 0.3) is 0 Å². The van der Waals surface area contributed by atoms with Crippen LogP contribution in [0.25, 0.3) is 0 Å². The molecule has 1 aliphatic heterocycles. The van der Waals surface area contributed by atoms with E-state index in [1.54, 1.807) is 0 Å². The van der Waals surface area contributed by atoms with Crippen molar-refractivity contribution in [1.82, 2.24) is 5.32 Å². The highest BCUT2D eigenvalue weighted by Crippen LogP contribution is 2.25. The maximum Gasteiger partial charge on any atom is 0.0161 e. The average molecular weight is 227 g/mol. The number of hydrogen-bond donors (Lipinski definition) is 1. The van der Waals surface area contributed by atoms with Crippen molar-refractivity contribution < 1.29 is 0 Å². The number of thioether (sulfide) groups is 1. The predicted octanol–water partition coefficient (Wildman–Crippen LogP) is 3.44. The molecule has 2 rings (SSSR count). The number of nitrogens with one attached hydrogen (secondary N) is 1. The highest BCUT2D eigenvalue weighted by Gasteiger charge is 2.23. The Kier molecular flexibility index (Phi) is 4.83. The Bertz CT molecular complexity index is 177. The molecule has 1 N–H and O–H groups in total. The lowest BCUT2D eigenvalue weighted by molar-refractivity contribution is 0.320. The van der Waals surface area contributed by atoms with E-state index in [9.17, 15) is 0 Å². The smallest absolute Gasteiger partial charge is 0.0161 e. The Balaban J connectivity index is 1.79. The van der Waals surface area contributed by atoms with Crippen molar-refractivity contribution in [3.63, 3.8) is 0 Å². The Morgan fingerprint density at radius 3 is 2.67 bits per heavy atom. The van der Waals surface area contributed by atoms with Gasteiger partial charge in [0.05, 0.1) is 0 Å². The van der Waals surface area contributed by atoms with Crippen LogP contribution >= 0.6 is 11.8 Å². The highest BCUT2D eigenvalue weighted by molar-refractivity contribution is 7.99. The molecule has 1 nitrogen and oxygen atoms in total. The summed E-state index contributed by atoms with van der Waals surface area (Å²) < 4.78 is 0. The molecule has 3 atom stereocenters. The maximum atomic E-state index is 3.93. The zero-order chi connectivity index (χ0) is 10.5. The topological polar surface area (TPSA) is 12.0 Å². The van der Waals surface area contributed by atoms with Crippen molar-refractivity contribution in [1.29, 1.82) is 0 Å². The minimum atomic E-state index is 0.814. The van der Waals surface area contributed by atoms with Crippen molar-refractivity contribution in [3.8, 4) is 0 Å². The summed E-state index contributed by atoms with van der Waals surface area (Å²) in [7, 11) is 0. The first kappa shape index (κ1) is 11.8. The van der Waals surface area contributed by atoms with E-state index in [1.807, 2.05) is 0 Å². The zero-order valence-corrected chi connectivity index (χ0v) is 10.8. The van der Waals surface area contributed by atoms with Gasteiger partial charge >= 0.3 is 0 Å². The van der Waals surface area contributed by atoms with E-state index in [4.69, 9.17) is 0 Å². The van der Waals surface area contributed by atoms with E-state index in [0.717, 1.165) is 18.0 Å². The summed E-state index contributed by atoms with van der Waals surface area (Å²) in [5.41, 5.74) is 0. The third kappa shape index (κ3) is 3.67. The van der Waals surface area contributed by atoms with Crippen LogP contribution in [-0.2, 0) is 0 Å². The number of rotatable bonds is 2. The third-order valence-corrected chi connectivity index (χ3v) is 5.19. The highest BCUT2D eigenvalue weighted by atomic mass is 32.2. The van der Waals surface area contributed by atoms with Crippen LogP contribution in [-0.4, -0.2) is 23.6 Å². The van der Waals surface area contributed by atoms with Crippen LogP contribution < -0.4 is 5.32 Å². The van der Waals surface area contributed by atoms with Gasteiger partial charge in [0.2, 0.25) is 0 Å². The van der Waals surface area contributed by atoms with Gasteiger partial charge in [0, 0.05) is 17.8 Å². The predicted molar refractivity (Wildman–Crippen MR) is 69.5 cm³/mol. The molecule has 0 amide bonds. The molecule has 15 heavy (non-hydrogen) atoms. The van der Waals surface area contributed by atoms with Crippen LogP contribution in [0.5, 0.6) is 0 Å². The van der Waals surface area contributed by atoms with Gasteiger partial charge in [-0.25, -0.2) is 0 Å². The summed E-state index contributed by atoms with van der Waals surface area (Å²) >= 11 is 2.14. The van der Waals surface area contributed by atoms with E-state index in [2.05, 4.69) is 24.0 Å². The van der Waals surface area contributed by atoms with Gasteiger partial charge in [-0.05, 0) is 37.4 Å². The lowest BCUT2D eigenvalue weighted by Gasteiger charge is -2.30. The molecule has 1 heterocycles. The average Bonchev–Trinajstić information content (AvgIpc) is 2.46. The van der Waals surface area contributed by atoms with Crippen LogP contribution in [0, 0.1) is 5.92 Å². The molecule has 2 aliphatic rings.